The third kappa shape index (κ3) is 5.85. The van der Waals surface area contributed by atoms with Crippen LogP contribution in [0.4, 0.5) is 20.6 Å². The summed E-state index contributed by atoms with van der Waals surface area (Å²) in [7, 11) is 1.27. The normalized spacial score (nSPS) is 10.6. The van der Waals surface area contributed by atoms with E-state index in [0.717, 1.165) is 5.56 Å². The summed E-state index contributed by atoms with van der Waals surface area (Å²) in [5.74, 6) is -0.569. The van der Waals surface area contributed by atoms with Crippen molar-refractivity contribution in [1.29, 1.82) is 0 Å². The van der Waals surface area contributed by atoms with Crippen LogP contribution in [0.15, 0.2) is 66.7 Å². The van der Waals surface area contributed by atoms with Gasteiger partial charge in [-0.3, -0.25) is 0 Å². The second kappa shape index (κ2) is 10.4. The number of benzene rings is 3. The molecule has 3 aromatic carbocycles. The number of fused-ring (bicyclic) bond motifs is 1. The maximum absolute atomic E-state index is 13.8. The summed E-state index contributed by atoms with van der Waals surface area (Å²) in [5, 5.41) is 6.48. The van der Waals surface area contributed by atoms with Gasteiger partial charge in [-0.1, -0.05) is 29.8 Å². The summed E-state index contributed by atoms with van der Waals surface area (Å²) in [5.41, 5.74) is 3.27. The lowest BCUT2D eigenvalue weighted by Crippen LogP contribution is -2.19. The van der Waals surface area contributed by atoms with Crippen LogP contribution in [-0.4, -0.2) is 30.7 Å². The van der Waals surface area contributed by atoms with E-state index in [1.807, 2.05) is 12.1 Å². The number of nitrogens with one attached hydrogen (secondary N) is 2. The van der Waals surface area contributed by atoms with Gasteiger partial charge in [0.15, 0.2) is 6.61 Å². The summed E-state index contributed by atoms with van der Waals surface area (Å²) in [4.78, 5) is 28.8. The number of esters is 1. The minimum atomic E-state index is -0.546. The molecule has 1 heterocycles. The van der Waals surface area contributed by atoms with Crippen molar-refractivity contribution in [2.24, 2.45) is 0 Å². The maximum atomic E-state index is 13.8. The number of hydrogen-bond acceptors (Lipinski definition) is 5. The SMILES string of the molecule is COC(=O)COc1cc(-c2ccc(Cl)cc2)nc2ccc(NC(=O)Nc3ccc(C)c(F)c3)cc12. The Balaban J connectivity index is 1.64. The highest BCUT2D eigenvalue weighted by Gasteiger charge is 2.13. The molecule has 0 saturated heterocycles. The first-order valence-electron chi connectivity index (χ1n) is 10.6. The third-order valence-corrected chi connectivity index (χ3v) is 5.42. The van der Waals surface area contributed by atoms with Gasteiger partial charge < -0.3 is 20.1 Å². The van der Waals surface area contributed by atoms with Crippen molar-refractivity contribution in [3.05, 3.63) is 83.1 Å². The number of ether oxygens (including phenoxy) is 2. The molecular weight excluding hydrogens is 473 g/mol. The highest BCUT2D eigenvalue weighted by molar-refractivity contribution is 6.30. The molecule has 0 atom stereocenters. The van der Waals surface area contributed by atoms with Gasteiger partial charge in [-0.15, -0.1) is 0 Å². The fourth-order valence-corrected chi connectivity index (χ4v) is 3.45. The number of rotatable bonds is 6. The number of anilines is 2. The van der Waals surface area contributed by atoms with Crippen LogP contribution >= 0.6 is 11.6 Å². The lowest BCUT2D eigenvalue weighted by molar-refractivity contribution is -0.142. The van der Waals surface area contributed by atoms with E-state index in [2.05, 4.69) is 20.4 Å². The summed E-state index contributed by atoms with van der Waals surface area (Å²) >= 11 is 6.00. The Labute approximate surface area is 205 Å². The number of carbonyl (C=O) groups is 2. The van der Waals surface area contributed by atoms with Gasteiger partial charge in [0.05, 0.1) is 18.3 Å². The molecule has 35 heavy (non-hydrogen) atoms. The molecule has 9 heteroatoms. The molecule has 0 aliphatic rings. The highest BCUT2D eigenvalue weighted by atomic mass is 35.5. The smallest absolute Gasteiger partial charge is 0.343 e. The average molecular weight is 494 g/mol. The van der Waals surface area contributed by atoms with Crippen LogP contribution in [0.25, 0.3) is 22.2 Å². The molecule has 0 fully saturated rings. The topological polar surface area (TPSA) is 89.6 Å². The third-order valence-electron chi connectivity index (χ3n) is 5.17. The molecule has 0 saturated carbocycles. The first kappa shape index (κ1) is 24.0. The standard InChI is InChI=1S/C26H21ClFN3O4/c1-15-3-8-19(12-21(15)28)30-26(33)29-18-9-10-22-20(11-18)24(35-14-25(32)34-2)13-23(31-22)16-4-6-17(27)7-5-16/h3-13H,14H2,1-2H3,(H2,29,30,33). The molecular formula is C26H21ClFN3O4. The molecule has 0 aliphatic heterocycles. The Morgan fingerprint density at radius 1 is 0.971 bits per heavy atom. The number of pyridine rings is 1. The summed E-state index contributed by atoms with van der Waals surface area (Å²) in [6.07, 6.45) is 0. The predicted molar refractivity (Wildman–Crippen MR) is 133 cm³/mol. The van der Waals surface area contributed by atoms with Gasteiger partial charge in [0, 0.05) is 33.4 Å². The molecule has 0 aliphatic carbocycles. The number of halogens is 2. The Bertz CT molecular complexity index is 1410. The molecule has 0 radical (unpaired) electrons. The van der Waals surface area contributed by atoms with E-state index < -0.39 is 17.8 Å². The van der Waals surface area contributed by atoms with E-state index in [1.165, 1.54) is 13.2 Å². The molecule has 178 valence electrons. The Morgan fingerprint density at radius 2 is 1.66 bits per heavy atom. The van der Waals surface area contributed by atoms with Crippen LogP contribution in [0.5, 0.6) is 5.75 Å². The fourth-order valence-electron chi connectivity index (χ4n) is 3.32. The Kier molecular flexibility index (Phi) is 7.12. The van der Waals surface area contributed by atoms with E-state index in [-0.39, 0.29) is 6.61 Å². The summed E-state index contributed by atoms with van der Waals surface area (Å²) in [6.45, 7) is 1.34. The molecule has 0 bridgehead atoms. The van der Waals surface area contributed by atoms with Gasteiger partial charge in [-0.05, 0) is 55.0 Å². The molecule has 2 amide bonds. The zero-order valence-corrected chi connectivity index (χ0v) is 19.7. The fraction of sp³-hybridized carbons (Fsp3) is 0.115. The van der Waals surface area contributed by atoms with Crippen LogP contribution in [0, 0.1) is 12.7 Å². The first-order chi connectivity index (χ1) is 16.8. The van der Waals surface area contributed by atoms with Gasteiger partial charge >= 0.3 is 12.0 Å². The predicted octanol–water partition coefficient (Wildman–Crippen LogP) is 6.20. The van der Waals surface area contributed by atoms with E-state index >= 15 is 0 Å². The van der Waals surface area contributed by atoms with Crippen molar-refractivity contribution in [3.63, 3.8) is 0 Å². The molecule has 0 unspecified atom stereocenters. The zero-order valence-electron chi connectivity index (χ0n) is 18.9. The number of methoxy groups -OCH3 is 1. The lowest BCUT2D eigenvalue weighted by Gasteiger charge is -2.13. The second-order valence-electron chi connectivity index (χ2n) is 7.65. The number of aryl methyl sites for hydroxylation is 1. The first-order valence-corrected chi connectivity index (χ1v) is 10.9. The quantitative estimate of drug-likeness (QED) is 0.312. The minimum absolute atomic E-state index is 0.299. The van der Waals surface area contributed by atoms with E-state index in [4.69, 9.17) is 16.3 Å². The molecule has 4 aromatic rings. The second-order valence-corrected chi connectivity index (χ2v) is 8.09. The van der Waals surface area contributed by atoms with Crippen molar-refractivity contribution in [1.82, 2.24) is 4.98 Å². The number of hydrogen-bond donors (Lipinski definition) is 2. The van der Waals surface area contributed by atoms with Crippen LogP contribution in [0.2, 0.25) is 5.02 Å². The average Bonchev–Trinajstić information content (AvgIpc) is 2.85. The lowest BCUT2D eigenvalue weighted by atomic mass is 10.1. The van der Waals surface area contributed by atoms with Crippen molar-refractivity contribution in [3.8, 4) is 17.0 Å². The Hall–Kier alpha value is -4.17. The number of amides is 2. The summed E-state index contributed by atoms with van der Waals surface area (Å²) in [6, 6.07) is 17.8. The van der Waals surface area contributed by atoms with Crippen molar-refractivity contribution in [2.75, 3.05) is 24.4 Å². The van der Waals surface area contributed by atoms with Gasteiger partial charge in [-0.25, -0.2) is 19.0 Å². The molecule has 4 rings (SSSR count). The molecule has 2 N–H and O–H groups in total. The minimum Gasteiger partial charge on any atom is -0.481 e. The Morgan fingerprint density at radius 3 is 2.34 bits per heavy atom. The van der Waals surface area contributed by atoms with E-state index in [9.17, 15) is 14.0 Å². The number of nitrogens with zero attached hydrogens (tertiary/aromatic N) is 1. The monoisotopic (exact) mass is 493 g/mol. The van der Waals surface area contributed by atoms with Gasteiger partial charge in [0.25, 0.3) is 0 Å². The largest absolute Gasteiger partial charge is 0.481 e. The molecule has 7 nitrogen and oxygen atoms in total. The van der Waals surface area contributed by atoms with Crippen molar-refractivity contribution in [2.45, 2.75) is 6.92 Å². The summed E-state index contributed by atoms with van der Waals surface area (Å²) < 4.78 is 24.2. The zero-order chi connectivity index (χ0) is 24.9. The van der Waals surface area contributed by atoms with Gasteiger partial charge in [0.1, 0.15) is 11.6 Å². The van der Waals surface area contributed by atoms with Gasteiger partial charge in [-0.2, -0.15) is 0 Å². The number of urea groups is 1. The van der Waals surface area contributed by atoms with Crippen LogP contribution in [0.1, 0.15) is 5.56 Å². The van der Waals surface area contributed by atoms with E-state index in [0.29, 0.717) is 44.3 Å². The number of aromatic nitrogens is 1. The molecule has 1 aromatic heterocycles. The van der Waals surface area contributed by atoms with Crippen LogP contribution in [0.3, 0.4) is 0 Å². The number of carbonyl (C=O) groups excluding carboxylic acids is 2. The maximum Gasteiger partial charge on any atom is 0.343 e. The van der Waals surface area contributed by atoms with Crippen LogP contribution < -0.4 is 15.4 Å². The van der Waals surface area contributed by atoms with Crippen LogP contribution in [-0.2, 0) is 9.53 Å². The van der Waals surface area contributed by atoms with Gasteiger partial charge in [0.2, 0.25) is 0 Å². The molecule has 0 spiro atoms. The highest BCUT2D eigenvalue weighted by Crippen LogP contribution is 2.32. The van der Waals surface area contributed by atoms with Crippen molar-refractivity contribution >= 4 is 45.9 Å². The van der Waals surface area contributed by atoms with E-state index in [1.54, 1.807) is 55.5 Å². The van der Waals surface area contributed by atoms with Crippen molar-refractivity contribution < 1.29 is 23.5 Å².